The van der Waals surface area contributed by atoms with Gasteiger partial charge in [0.25, 0.3) is 10.0 Å². The van der Waals surface area contributed by atoms with E-state index >= 15 is 0 Å². The summed E-state index contributed by atoms with van der Waals surface area (Å²) in [6, 6.07) is 4.40. The molecule has 4 aromatic rings. The quantitative estimate of drug-likeness (QED) is 0.304. The van der Waals surface area contributed by atoms with Gasteiger partial charge < -0.3 is 15.2 Å². The lowest BCUT2D eigenvalue weighted by atomic mass is 10.1. The predicted octanol–water partition coefficient (Wildman–Crippen LogP) is 3.18. The SMILES string of the molecule is Cc1nc(CNC(C)C)ccc1-n1cc(-c2nc(NC3CCN(S(=O)(=O)c4cn(C)cn4)CC3)ncc2Cl)cn1. The molecule has 0 spiro atoms. The topological polar surface area (TPSA) is 136 Å². The van der Waals surface area contributed by atoms with E-state index < -0.39 is 10.0 Å². The molecule has 4 aromatic heterocycles. The second-order valence-corrected chi connectivity index (χ2v) is 12.5. The van der Waals surface area contributed by atoms with E-state index in [2.05, 4.69) is 44.5 Å². The highest BCUT2D eigenvalue weighted by Crippen LogP contribution is 2.28. The van der Waals surface area contributed by atoms with Gasteiger partial charge in [-0.15, -0.1) is 0 Å². The molecule has 14 heteroatoms. The molecule has 0 radical (unpaired) electrons. The van der Waals surface area contributed by atoms with Crippen molar-refractivity contribution in [3.63, 3.8) is 0 Å². The van der Waals surface area contributed by atoms with E-state index in [9.17, 15) is 8.42 Å². The molecule has 0 atom stereocenters. The van der Waals surface area contributed by atoms with Gasteiger partial charge >= 0.3 is 0 Å². The van der Waals surface area contributed by atoms with E-state index in [1.54, 1.807) is 28.7 Å². The number of hydrogen-bond donors (Lipinski definition) is 2. The van der Waals surface area contributed by atoms with Gasteiger partial charge in [-0.3, -0.25) is 4.98 Å². The number of nitrogens with zero attached hydrogens (tertiary/aromatic N) is 8. The standard InChI is InChI=1S/C26H33ClN10O2S/c1-17(2)28-12-21-5-6-23(18(3)32-21)37-14-19(11-31-37)25-22(27)13-29-26(34-25)33-20-7-9-36(10-8-20)40(38,39)24-15-35(4)16-30-24/h5-6,11,13-17,20,28H,7-10,12H2,1-4H3,(H,29,33,34). The van der Waals surface area contributed by atoms with Crippen LogP contribution < -0.4 is 10.6 Å². The van der Waals surface area contributed by atoms with Crippen LogP contribution in [0, 0.1) is 6.92 Å². The fraction of sp³-hybridized carbons (Fsp3) is 0.423. The minimum atomic E-state index is -3.61. The van der Waals surface area contributed by atoms with Crippen LogP contribution in [-0.4, -0.2) is 72.2 Å². The molecule has 2 N–H and O–H groups in total. The summed E-state index contributed by atoms with van der Waals surface area (Å²) < 4.78 is 30.6. The van der Waals surface area contributed by atoms with Crippen LogP contribution in [0.3, 0.4) is 0 Å². The highest BCUT2D eigenvalue weighted by molar-refractivity contribution is 7.89. The summed E-state index contributed by atoms with van der Waals surface area (Å²) >= 11 is 6.48. The third-order valence-corrected chi connectivity index (χ3v) is 8.79. The number of anilines is 1. The first kappa shape index (κ1) is 28.1. The number of imidazole rings is 1. The zero-order valence-corrected chi connectivity index (χ0v) is 24.5. The van der Waals surface area contributed by atoms with E-state index in [1.807, 2.05) is 25.3 Å². The van der Waals surface area contributed by atoms with Crippen LogP contribution in [0.1, 0.15) is 38.1 Å². The highest BCUT2D eigenvalue weighted by atomic mass is 35.5. The second kappa shape index (κ2) is 11.6. The molecule has 12 nitrogen and oxygen atoms in total. The van der Waals surface area contributed by atoms with Gasteiger partial charge in [-0.1, -0.05) is 25.4 Å². The number of sulfonamides is 1. The van der Waals surface area contributed by atoms with E-state index in [-0.39, 0.29) is 11.1 Å². The number of piperidine rings is 1. The maximum absolute atomic E-state index is 12.9. The number of halogens is 1. The zero-order valence-electron chi connectivity index (χ0n) is 22.9. The van der Waals surface area contributed by atoms with Crippen LogP contribution in [0.5, 0.6) is 0 Å². The monoisotopic (exact) mass is 584 g/mol. The van der Waals surface area contributed by atoms with Crippen LogP contribution in [-0.2, 0) is 23.6 Å². The molecule has 1 aliphatic heterocycles. The Morgan fingerprint density at radius 3 is 2.55 bits per heavy atom. The van der Waals surface area contributed by atoms with Crippen molar-refractivity contribution in [2.45, 2.75) is 57.3 Å². The van der Waals surface area contributed by atoms with E-state index in [0.29, 0.717) is 55.2 Å². The van der Waals surface area contributed by atoms with Gasteiger partial charge in [-0.2, -0.15) is 9.40 Å². The Morgan fingerprint density at radius 1 is 1.10 bits per heavy atom. The minimum Gasteiger partial charge on any atom is -0.351 e. The van der Waals surface area contributed by atoms with E-state index in [4.69, 9.17) is 16.6 Å². The Balaban J connectivity index is 1.26. The molecule has 0 aromatic carbocycles. The summed E-state index contributed by atoms with van der Waals surface area (Å²) in [7, 11) is -1.86. The van der Waals surface area contributed by atoms with Gasteiger partial charge in [0.2, 0.25) is 5.95 Å². The van der Waals surface area contributed by atoms with Gasteiger partial charge in [0, 0.05) is 56.7 Å². The first-order valence-electron chi connectivity index (χ1n) is 13.1. The molecule has 40 heavy (non-hydrogen) atoms. The van der Waals surface area contributed by atoms with Crippen molar-refractivity contribution < 1.29 is 8.42 Å². The molecule has 5 rings (SSSR count). The van der Waals surface area contributed by atoms with Crippen LogP contribution in [0.25, 0.3) is 16.9 Å². The number of hydrogen-bond acceptors (Lipinski definition) is 9. The third kappa shape index (κ3) is 6.17. The molecular weight excluding hydrogens is 552 g/mol. The van der Waals surface area contributed by atoms with Gasteiger partial charge in [0.1, 0.15) is 0 Å². The number of aromatic nitrogens is 7. The van der Waals surface area contributed by atoms with Crippen molar-refractivity contribution in [1.82, 2.24) is 43.9 Å². The number of pyridine rings is 1. The Morgan fingerprint density at radius 2 is 1.88 bits per heavy atom. The average molecular weight is 585 g/mol. The molecule has 0 unspecified atom stereocenters. The molecule has 212 valence electrons. The van der Waals surface area contributed by atoms with Gasteiger partial charge in [0.15, 0.2) is 5.03 Å². The Bertz CT molecular complexity index is 1590. The molecule has 1 saturated heterocycles. The predicted molar refractivity (Wildman–Crippen MR) is 153 cm³/mol. The lowest BCUT2D eigenvalue weighted by Gasteiger charge is -2.31. The Kier molecular flexibility index (Phi) is 8.17. The largest absolute Gasteiger partial charge is 0.351 e. The lowest BCUT2D eigenvalue weighted by Crippen LogP contribution is -2.42. The Hall–Kier alpha value is -3.39. The van der Waals surface area contributed by atoms with Crippen molar-refractivity contribution in [1.29, 1.82) is 0 Å². The van der Waals surface area contributed by atoms with Crippen LogP contribution in [0.4, 0.5) is 5.95 Å². The number of aryl methyl sites for hydroxylation is 2. The third-order valence-electron chi connectivity index (χ3n) is 6.73. The summed E-state index contributed by atoms with van der Waals surface area (Å²) in [5, 5.41) is 11.7. The van der Waals surface area contributed by atoms with Crippen LogP contribution in [0.2, 0.25) is 5.02 Å². The highest BCUT2D eigenvalue weighted by Gasteiger charge is 2.31. The molecule has 5 heterocycles. The summed E-state index contributed by atoms with van der Waals surface area (Å²) in [4.78, 5) is 17.7. The lowest BCUT2D eigenvalue weighted by molar-refractivity contribution is 0.328. The van der Waals surface area contributed by atoms with Gasteiger partial charge in [-0.05, 0) is 31.9 Å². The Labute approximate surface area is 238 Å². The summed E-state index contributed by atoms with van der Waals surface area (Å²) in [5.74, 6) is 0.429. The fourth-order valence-corrected chi connectivity index (χ4v) is 6.18. The maximum Gasteiger partial charge on any atom is 0.262 e. The molecule has 1 aliphatic rings. The zero-order chi connectivity index (χ0) is 28.4. The minimum absolute atomic E-state index is 0.0179. The normalized spacial score (nSPS) is 15.2. The molecule has 0 saturated carbocycles. The first-order valence-corrected chi connectivity index (χ1v) is 14.9. The summed E-state index contributed by atoms with van der Waals surface area (Å²) in [5.41, 5.74) is 4.01. The van der Waals surface area contributed by atoms with Crippen LogP contribution in [0.15, 0.2) is 48.3 Å². The second-order valence-electron chi connectivity index (χ2n) is 10.2. The molecule has 0 bridgehead atoms. The first-order chi connectivity index (χ1) is 19.1. The summed E-state index contributed by atoms with van der Waals surface area (Å²) in [6.07, 6.45) is 9.37. The molecule has 1 fully saturated rings. The van der Waals surface area contributed by atoms with Crippen molar-refractivity contribution in [3.8, 4) is 16.9 Å². The van der Waals surface area contributed by atoms with Crippen molar-refractivity contribution in [2.75, 3.05) is 18.4 Å². The summed E-state index contributed by atoms with van der Waals surface area (Å²) in [6.45, 7) is 7.63. The van der Waals surface area contributed by atoms with E-state index in [0.717, 1.165) is 22.6 Å². The van der Waals surface area contributed by atoms with E-state index in [1.165, 1.54) is 16.8 Å². The number of nitrogens with one attached hydrogen (secondary N) is 2. The smallest absolute Gasteiger partial charge is 0.262 e. The average Bonchev–Trinajstić information content (AvgIpc) is 3.59. The van der Waals surface area contributed by atoms with Crippen molar-refractivity contribution in [3.05, 3.63) is 59.7 Å². The van der Waals surface area contributed by atoms with Crippen molar-refractivity contribution in [2.24, 2.45) is 7.05 Å². The molecule has 0 amide bonds. The molecule has 0 aliphatic carbocycles. The van der Waals surface area contributed by atoms with Gasteiger partial charge in [0.05, 0.1) is 46.5 Å². The van der Waals surface area contributed by atoms with Crippen molar-refractivity contribution >= 4 is 27.6 Å². The number of rotatable bonds is 9. The molecular formula is C26H33ClN10O2S. The van der Waals surface area contributed by atoms with Crippen LogP contribution >= 0.6 is 11.6 Å². The van der Waals surface area contributed by atoms with Gasteiger partial charge in [-0.25, -0.2) is 28.1 Å². The fourth-order valence-electron chi connectivity index (χ4n) is 4.55. The maximum atomic E-state index is 12.9.